The van der Waals surface area contributed by atoms with Crippen LogP contribution in [0.1, 0.15) is 194 Å². The van der Waals surface area contributed by atoms with Gasteiger partial charge in [-0.1, -0.05) is 182 Å². The van der Waals surface area contributed by atoms with Crippen molar-refractivity contribution in [2.45, 2.75) is 206 Å². The molecule has 0 heterocycles. The van der Waals surface area contributed by atoms with E-state index in [1.807, 2.05) is 21.1 Å². The number of quaternary nitrogens is 1. The molecule has 0 aliphatic carbocycles. The molecule has 9 heteroatoms. The van der Waals surface area contributed by atoms with Crippen LogP contribution in [0.15, 0.2) is 85.1 Å². The summed E-state index contributed by atoms with van der Waals surface area (Å²) < 4.78 is 22.6. The zero-order chi connectivity index (χ0) is 47.7. The first kappa shape index (κ1) is 61.5. The number of allylic oxidation sites excluding steroid dienone is 14. The number of hydrogen-bond donors (Lipinski definition) is 0. The Morgan fingerprint density at radius 3 is 1.25 bits per heavy atom. The normalized spacial score (nSPS) is 13.6. The van der Waals surface area contributed by atoms with Crippen molar-refractivity contribution in [3.05, 3.63) is 85.1 Å². The smallest absolute Gasteiger partial charge is 0.306 e. The highest BCUT2D eigenvalue weighted by Gasteiger charge is 2.21. The van der Waals surface area contributed by atoms with Crippen LogP contribution in [0.5, 0.6) is 0 Å². The molecule has 9 nitrogen and oxygen atoms in total. The number of ether oxygens (including phenoxy) is 4. The summed E-state index contributed by atoms with van der Waals surface area (Å²) >= 11 is 0. The zero-order valence-corrected chi connectivity index (χ0v) is 42.1. The lowest BCUT2D eigenvalue weighted by molar-refractivity contribution is -0.870. The Morgan fingerprint density at radius 1 is 0.462 bits per heavy atom. The predicted octanol–water partition coefficient (Wildman–Crippen LogP) is 13.1. The number of carboxylic acids is 1. The minimum atomic E-state index is -1.63. The molecule has 0 rings (SSSR count). The summed E-state index contributed by atoms with van der Waals surface area (Å²) in [4.78, 5) is 37.1. The largest absolute Gasteiger partial charge is 0.545 e. The molecular weight excluding hydrogens is 815 g/mol. The summed E-state index contributed by atoms with van der Waals surface area (Å²) in [6.45, 7) is 4.47. The molecule has 65 heavy (non-hydrogen) atoms. The molecule has 0 aliphatic rings. The number of carbonyl (C=O) groups is 3. The Labute approximate surface area is 398 Å². The number of likely N-dealkylation sites (N-methyl/N-ethyl adjacent to an activating group) is 1. The topological polar surface area (TPSA) is 111 Å². The highest BCUT2D eigenvalue weighted by molar-refractivity contribution is 5.70. The van der Waals surface area contributed by atoms with Crippen molar-refractivity contribution >= 4 is 17.9 Å². The number of carbonyl (C=O) groups excluding carboxylic acids is 3. The van der Waals surface area contributed by atoms with E-state index < -0.39 is 24.3 Å². The number of rotatable bonds is 46. The van der Waals surface area contributed by atoms with Crippen molar-refractivity contribution in [3.63, 3.8) is 0 Å². The van der Waals surface area contributed by atoms with Gasteiger partial charge in [0.2, 0.25) is 0 Å². The fourth-order valence-corrected chi connectivity index (χ4v) is 6.72. The Kier molecular flexibility index (Phi) is 44.4. The molecule has 0 bridgehead atoms. The molecule has 0 aromatic carbocycles. The molecule has 0 saturated heterocycles. The van der Waals surface area contributed by atoms with Crippen LogP contribution in [0.4, 0.5) is 0 Å². The first-order valence-electron chi connectivity index (χ1n) is 25.7. The van der Waals surface area contributed by atoms with Crippen molar-refractivity contribution in [2.24, 2.45) is 0 Å². The van der Waals surface area contributed by atoms with E-state index in [-0.39, 0.29) is 38.6 Å². The lowest BCUT2D eigenvalue weighted by Gasteiger charge is -2.26. The third kappa shape index (κ3) is 48.2. The van der Waals surface area contributed by atoms with E-state index in [1.165, 1.54) is 70.6 Å². The first-order chi connectivity index (χ1) is 31.6. The van der Waals surface area contributed by atoms with Crippen molar-refractivity contribution in [2.75, 3.05) is 47.5 Å². The summed E-state index contributed by atoms with van der Waals surface area (Å²) in [7, 11) is 5.90. The van der Waals surface area contributed by atoms with Crippen LogP contribution in [0.25, 0.3) is 0 Å². The van der Waals surface area contributed by atoms with Crippen LogP contribution in [0, 0.1) is 0 Å². The molecule has 0 radical (unpaired) electrons. The molecule has 0 spiro atoms. The molecule has 2 atom stereocenters. The van der Waals surface area contributed by atoms with Gasteiger partial charge in [-0.15, -0.1) is 0 Å². The standard InChI is InChI=1S/C56H95NO8/c1-6-8-10-12-14-16-18-20-21-22-23-24-25-26-27-28-29-30-31-32-33-35-37-39-41-43-45-47-54(59)65-52(51-64-56(55(60)61)62-49-48-57(3,4)5)50-63-53(58)46-44-42-40-38-36-34-19-17-15-13-11-9-7-2/h8-11,14-17,20-21,23-24,34,36,52,56H,6-7,12-13,18-19,22,25-33,35,37-51H2,1-5H3/b10-8-,11-9-,16-14-,17-15-,21-20-,24-23-,36-34-. The highest BCUT2D eigenvalue weighted by atomic mass is 16.7. The maximum atomic E-state index is 12.8. The van der Waals surface area contributed by atoms with Crippen LogP contribution in [-0.4, -0.2) is 82.3 Å². The first-order valence-corrected chi connectivity index (χ1v) is 25.7. The summed E-state index contributed by atoms with van der Waals surface area (Å²) in [5.41, 5.74) is 0. The van der Waals surface area contributed by atoms with Crippen LogP contribution < -0.4 is 5.11 Å². The summed E-state index contributed by atoms with van der Waals surface area (Å²) in [5.74, 6) is -2.33. The lowest BCUT2D eigenvalue weighted by Crippen LogP contribution is -2.44. The van der Waals surface area contributed by atoms with Gasteiger partial charge in [-0.05, 0) is 83.5 Å². The number of carboxylic acid groups (broad SMARTS) is 1. The second-order valence-electron chi connectivity index (χ2n) is 18.0. The Bertz CT molecular complexity index is 1340. The maximum Gasteiger partial charge on any atom is 0.306 e. The second kappa shape index (κ2) is 47.0. The third-order valence-electron chi connectivity index (χ3n) is 10.6. The van der Waals surface area contributed by atoms with Gasteiger partial charge in [0.1, 0.15) is 13.2 Å². The summed E-state index contributed by atoms with van der Waals surface area (Å²) in [6.07, 6.45) is 57.8. The molecule has 0 amide bonds. The number of nitrogens with zero attached hydrogens (tertiary/aromatic N) is 1. The van der Waals surface area contributed by atoms with Crippen LogP contribution >= 0.6 is 0 Å². The molecule has 0 aromatic heterocycles. The maximum absolute atomic E-state index is 12.8. The quantitative estimate of drug-likeness (QED) is 0.0195. The number of unbranched alkanes of at least 4 members (excludes halogenated alkanes) is 17. The lowest BCUT2D eigenvalue weighted by atomic mass is 10.0. The number of esters is 2. The molecule has 0 saturated carbocycles. The van der Waals surface area contributed by atoms with Gasteiger partial charge in [-0.25, -0.2) is 0 Å². The van der Waals surface area contributed by atoms with Crippen LogP contribution in [0.3, 0.4) is 0 Å². The van der Waals surface area contributed by atoms with Gasteiger partial charge in [0, 0.05) is 12.8 Å². The van der Waals surface area contributed by atoms with Gasteiger partial charge in [0.05, 0.1) is 40.3 Å². The summed E-state index contributed by atoms with van der Waals surface area (Å²) in [6, 6.07) is 0. The Balaban J connectivity index is 4.26. The van der Waals surface area contributed by atoms with Crippen LogP contribution in [0.2, 0.25) is 0 Å². The van der Waals surface area contributed by atoms with E-state index in [2.05, 4.69) is 98.9 Å². The minimum Gasteiger partial charge on any atom is -0.545 e. The van der Waals surface area contributed by atoms with Gasteiger partial charge in [0.15, 0.2) is 12.4 Å². The van der Waals surface area contributed by atoms with Gasteiger partial charge in [0.25, 0.3) is 0 Å². The van der Waals surface area contributed by atoms with E-state index >= 15 is 0 Å². The molecule has 0 aliphatic heterocycles. The third-order valence-corrected chi connectivity index (χ3v) is 10.6. The average Bonchev–Trinajstić information content (AvgIpc) is 3.27. The predicted molar refractivity (Wildman–Crippen MR) is 269 cm³/mol. The summed E-state index contributed by atoms with van der Waals surface area (Å²) in [5, 5.41) is 11.7. The van der Waals surface area contributed by atoms with Crippen molar-refractivity contribution in [3.8, 4) is 0 Å². The molecular formula is C56H95NO8. The van der Waals surface area contributed by atoms with Crippen molar-refractivity contribution in [1.29, 1.82) is 0 Å². The van der Waals surface area contributed by atoms with E-state index in [9.17, 15) is 19.5 Å². The fraction of sp³-hybridized carbons (Fsp3) is 0.696. The van der Waals surface area contributed by atoms with E-state index in [4.69, 9.17) is 18.9 Å². The zero-order valence-electron chi connectivity index (χ0n) is 42.1. The number of aliphatic carboxylic acids is 1. The van der Waals surface area contributed by atoms with Gasteiger partial charge >= 0.3 is 11.9 Å². The Morgan fingerprint density at radius 2 is 0.831 bits per heavy atom. The van der Waals surface area contributed by atoms with E-state index in [0.29, 0.717) is 23.9 Å². The van der Waals surface area contributed by atoms with Crippen molar-refractivity contribution < 1.29 is 42.9 Å². The van der Waals surface area contributed by atoms with Gasteiger partial charge < -0.3 is 33.3 Å². The SMILES string of the molecule is CC/C=C\C/C=C\C/C=C\C/C=C\CCCCCCCCCCCCCCCCC(=O)OC(COC(=O)CCCCC/C=C\C/C=C\C/C=C\CC)COC(OCC[N+](C)(C)C)C(=O)[O-]. The van der Waals surface area contributed by atoms with E-state index in [1.54, 1.807) is 0 Å². The second-order valence-corrected chi connectivity index (χ2v) is 18.0. The van der Waals surface area contributed by atoms with Crippen molar-refractivity contribution in [1.82, 2.24) is 0 Å². The monoisotopic (exact) mass is 910 g/mol. The van der Waals surface area contributed by atoms with Gasteiger partial charge in [-0.3, -0.25) is 9.59 Å². The molecule has 0 N–H and O–H groups in total. The Hall–Kier alpha value is -3.53. The minimum absolute atomic E-state index is 0.139. The van der Waals surface area contributed by atoms with E-state index in [0.717, 1.165) is 83.5 Å². The molecule has 0 aromatic rings. The van der Waals surface area contributed by atoms with Gasteiger partial charge in [-0.2, -0.15) is 0 Å². The average molecular weight is 910 g/mol. The number of hydrogen-bond acceptors (Lipinski definition) is 8. The molecule has 372 valence electrons. The molecule has 0 fully saturated rings. The highest BCUT2D eigenvalue weighted by Crippen LogP contribution is 2.15. The van der Waals surface area contributed by atoms with Crippen LogP contribution in [-0.2, 0) is 33.3 Å². The molecule has 2 unspecified atom stereocenters. The fourth-order valence-electron chi connectivity index (χ4n) is 6.72.